The van der Waals surface area contributed by atoms with Crippen LogP contribution in [-0.4, -0.2) is 44.8 Å². The Morgan fingerprint density at radius 1 is 1.14 bits per heavy atom. The van der Waals surface area contributed by atoms with Crippen molar-refractivity contribution in [2.45, 2.75) is 25.8 Å². The van der Waals surface area contributed by atoms with E-state index in [9.17, 15) is 24.4 Å². The van der Waals surface area contributed by atoms with Crippen LogP contribution >= 0.6 is 0 Å². The second-order valence-electron chi connectivity index (χ2n) is 5.08. The predicted molar refractivity (Wildman–Crippen MR) is 68.3 cm³/mol. The quantitative estimate of drug-likeness (QED) is 0.599. The molecule has 1 aromatic rings. The number of piperidine rings is 1. The lowest BCUT2D eigenvalue weighted by Crippen LogP contribution is -2.55. The number of imide groups is 2. The minimum absolute atomic E-state index is 0.00935. The molecule has 0 aliphatic carbocycles. The topological polar surface area (TPSA) is 95.0 Å². The fraction of sp³-hybridized carbons (Fsp3) is 0.286. The number of benzene rings is 1. The number of nitrogens with zero attached hydrogens (tertiary/aromatic N) is 2. The molecule has 1 aromatic carbocycles. The molecule has 0 radical (unpaired) electrons. The molecule has 2 heterocycles. The highest BCUT2D eigenvalue weighted by Crippen LogP contribution is 2.30. The van der Waals surface area contributed by atoms with E-state index in [4.69, 9.17) is 0 Å². The third-order valence-electron chi connectivity index (χ3n) is 3.83. The summed E-state index contributed by atoms with van der Waals surface area (Å²) in [6.07, 6.45) is -0.0709. The van der Waals surface area contributed by atoms with Crippen LogP contribution in [0.5, 0.6) is 0 Å². The van der Waals surface area contributed by atoms with Crippen molar-refractivity contribution < 1.29 is 24.4 Å². The Kier molecular flexibility index (Phi) is 2.87. The predicted octanol–water partition coefficient (Wildman–Crippen LogP) is 0.498. The first-order valence-corrected chi connectivity index (χ1v) is 6.46. The Morgan fingerprint density at radius 3 is 2.52 bits per heavy atom. The monoisotopic (exact) mass is 288 g/mol. The minimum atomic E-state index is -1.14. The van der Waals surface area contributed by atoms with Gasteiger partial charge in [0.05, 0.1) is 11.1 Å². The zero-order valence-electron chi connectivity index (χ0n) is 11.2. The number of hydroxylamine groups is 2. The Bertz CT molecular complexity index is 697. The van der Waals surface area contributed by atoms with Crippen LogP contribution in [0.3, 0.4) is 0 Å². The first-order chi connectivity index (χ1) is 9.93. The van der Waals surface area contributed by atoms with Crippen molar-refractivity contribution in [2.24, 2.45) is 0 Å². The molecule has 0 spiro atoms. The second kappa shape index (κ2) is 4.49. The van der Waals surface area contributed by atoms with E-state index in [2.05, 4.69) is 0 Å². The molecular formula is C14H12N2O5. The molecule has 108 valence electrons. The van der Waals surface area contributed by atoms with Gasteiger partial charge in [0.2, 0.25) is 0 Å². The highest BCUT2D eigenvalue weighted by Gasteiger charge is 2.47. The second-order valence-corrected chi connectivity index (χ2v) is 5.08. The van der Waals surface area contributed by atoms with E-state index in [1.165, 1.54) is 6.07 Å². The fourth-order valence-corrected chi connectivity index (χ4v) is 2.75. The lowest BCUT2D eigenvalue weighted by molar-refractivity contribution is -0.186. The summed E-state index contributed by atoms with van der Waals surface area (Å²) in [5, 5.41) is 9.40. The molecule has 21 heavy (non-hydrogen) atoms. The molecule has 3 rings (SSSR count). The molecule has 7 heteroatoms. The minimum Gasteiger partial charge on any atom is -0.278 e. The summed E-state index contributed by atoms with van der Waals surface area (Å²) in [4.78, 5) is 48.9. The number of fused-ring (bicyclic) bond motifs is 1. The number of aryl methyl sites for hydroxylation is 1. The van der Waals surface area contributed by atoms with Crippen LogP contribution in [0.15, 0.2) is 18.2 Å². The normalized spacial score (nSPS) is 22.1. The van der Waals surface area contributed by atoms with Crippen LogP contribution in [0.25, 0.3) is 0 Å². The van der Waals surface area contributed by atoms with Crippen molar-refractivity contribution >= 4 is 23.6 Å². The van der Waals surface area contributed by atoms with Gasteiger partial charge in [-0.1, -0.05) is 12.1 Å². The van der Waals surface area contributed by atoms with Crippen molar-refractivity contribution in [1.82, 2.24) is 9.96 Å². The van der Waals surface area contributed by atoms with E-state index in [1.807, 2.05) is 0 Å². The Balaban J connectivity index is 2.01. The molecule has 1 N–H and O–H groups in total. The SMILES string of the molecule is Cc1cccc2c1C(=O)N(C1CCC(=O)N(O)C1=O)C2=O. The van der Waals surface area contributed by atoms with Crippen LogP contribution in [0.1, 0.15) is 39.1 Å². The molecule has 4 amide bonds. The number of amides is 4. The molecular weight excluding hydrogens is 276 g/mol. The van der Waals surface area contributed by atoms with E-state index in [1.54, 1.807) is 19.1 Å². The third kappa shape index (κ3) is 1.78. The van der Waals surface area contributed by atoms with Gasteiger partial charge in [-0.2, -0.15) is 5.06 Å². The number of hydrogen-bond acceptors (Lipinski definition) is 5. The highest BCUT2D eigenvalue weighted by molar-refractivity contribution is 6.23. The zero-order valence-corrected chi connectivity index (χ0v) is 11.2. The van der Waals surface area contributed by atoms with Gasteiger partial charge >= 0.3 is 0 Å². The molecule has 1 fully saturated rings. The van der Waals surface area contributed by atoms with Crippen molar-refractivity contribution in [3.05, 3.63) is 34.9 Å². The van der Waals surface area contributed by atoms with E-state index < -0.39 is 29.7 Å². The van der Waals surface area contributed by atoms with Gasteiger partial charge in [0.15, 0.2) is 0 Å². The van der Waals surface area contributed by atoms with Crippen LogP contribution in [0, 0.1) is 6.92 Å². The third-order valence-corrected chi connectivity index (χ3v) is 3.83. The molecule has 1 saturated heterocycles. The summed E-state index contributed by atoms with van der Waals surface area (Å²) in [7, 11) is 0. The smallest absolute Gasteiger partial charge is 0.276 e. The maximum atomic E-state index is 12.4. The summed E-state index contributed by atoms with van der Waals surface area (Å²) in [5.74, 6) is -2.81. The van der Waals surface area contributed by atoms with Gasteiger partial charge in [-0.15, -0.1) is 0 Å². The molecule has 2 aliphatic heterocycles. The molecule has 1 unspecified atom stereocenters. The van der Waals surface area contributed by atoms with E-state index in [-0.39, 0.29) is 29.0 Å². The van der Waals surface area contributed by atoms with Gasteiger partial charge in [-0.3, -0.25) is 29.3 Å². The van der Waals surface area contributed by atoms with Crippen LogP contribution in [0.4, 0.5) is 0 Å². The molecule has 2 aliphatic rings. The lowest BCUT2D eigenvalue weighted by atomic mass is 10.0. The van der Waals surface area contributed by atoms with Gasteiger partial charge in [0, 0.05) is 6.42 Å². The maximum absolute atomic E-state index is 12.4. The average Bonchev–Trinajstić information content (AvgIpc) is 2.71. The summed E-state index contributed by atoms with van der Waals surface area (Å²) in [6, 6.07) is 3.75. The van der Waals surface area contributed by atoms with Crippen LogP contribution in [0.2, 0.25) is 0 Å². The summed E-state index contributed by atoms with van der Waals surface area (Å²) >= 11 is 0. The van der Waals surface area contributed by atoms with Crippen molar-refractivity contribution in [3.63, 3.8) is 0 Å². The summed E-state index contributed by atoms with van der Waals surface area (Å²) < 4.78 is 0. The van der Waals surface area contributed by atoms with Gasteiger partial charge < -0.3 is 0 Å². The Labute approximate surface area is 119 Å². The molecule has 0 aromatic heterocycles. The van der Waals surface area contributed by atoms with E-state index in [0.29, 0.717) is 5.56 Å². The van der Waals surface area contributed by atoms with Crippen LogP contribution < -0.4 is 0 Å². The summed E-state index contributed by atoms with van der Waals surface area (Å²) in [6.45, 7) is 1.71. The van der Waals surface area contributed by atoms with Gasteiger partial charge in [0.1, 0.15) is 6.04 Å². The van der Waals surface area contributed by atoms with Crippen molar-refractivity contribution in [3.8, 4) is 0 Å². The lowest BCUT2D eigenvalue weighted by Gasteiger charge is -2.30. The van der Waals surface area contributed by atoms with Gasteiger partial charge in [-0.05, 0) is 25.0 Å². The highest BCUT2D eigenvalue weighted by atomic mass is 16.5. The number of rotatable bonds is 1. The Hall–Kier alpha value is -2.54. The van der Waals surface area contributed by atoms with Gasteiger partial charge in [-0.25, -0.2) is 0 Å². The number of carbonyl (C=O) groups is 4. The fourth-order valence-electron chi connectivity index (χ4n) is 2.75. The number of hydrogen-bond donors (Lipinski definition) is 1. The largest absolute Gasteiger partial charge is 0.278 e. The molecule has 7 nitrogen and oxygen atoms in total. The Morgan fingerprint density at radius 2 is 1.86 bits per heavy atom. The van der Waals surface area contributed by atoms with E-state index >= 15 is 0 Å². The van der Waals surface area contributed by atoms with E-state index in [0.717, 1.165) is 4.90 Å². The molecule has 0 saturated carbocycles. The molecule has 1 atom stereocenters. The first kappa shape index (κ1) is 13.4. The molecule has 0 bridgehead atoms. The standard InChI is InChI=1S/C14H12N2O5/c1-7-3-2-4-8-11(7)14(20)15(12(8)18)9-5-6-10(17)16(21)13(9)19/h2-4,9,21H,5-6H2,1H3. The maximum Gasteiger partial charge on any atom is 0.276 e. The van der Waals surface area contributed by atoms with Gasteiger partial charge in [0.25, 0.3) is 23.6 Å². The summed E-state index contributed by atoms with van der Waals surface area (Å²) in [5.41, 5.74) is 1.17. The van der Waals surface area contributed by atoms with Crippen molar-refractivity contribution in [2.75, 3.05) is 0 Å². The number of carbonyl (C=O) groups excluding carboxylic acids is 4. The zero-order chi connectivity index (χ0) is 15.3. The first-order valence-electron chi connectivity index (χ1n) is 6.46. The average molecular weight is 288 g/mol. The van der Waals surface area contributed by atoms with Crippen LogP contribution in [-0.2, 0) is 9.59 Å². The van der Waals surface area contributed by atoms with Crippen molar-refractivity contribution in [1.29, 1.82) is 0 Å².